The zero-order chi connectivity index (χ0) is 17.9. The molecule has 1 fully saturated rings. The Bertz CT molecular complexity index is 699. The number of aromatic amines is 1. The van der Waals surface area contributed by atoms with Crippen LogP contribution in [0.15, 0.2) is 15.8 Å². The molecule has 0 radical (unpaired) electrons. The molecule has 4 atom stereocenters. The number of aliphatic hydroxyl groups excluding tert-OH is 2. The van der Waals surface area contributed by atoms with Gasteiger partial charge in [0, 0.05) is 25.4 Å². The summed E-state index contributed by atoms with van der Waals surface area (Å²) < 4.78 is 11.6. The van der Waals surface area contributed by atoms with E-state index < -0.39 is 48.4 Å². The topological polar surface area (TPSA) is 163 Å². The first kappa shape index (κ1) is 18.3. The number of hydrogen-bond acceptors (Lipinski definition) is 8. The lowest BCUT2D eigenvalue weighted by atomic mass is 10.1. The average Bonchev–Trinajstić information content (AvgIpc) is 2.84. The number of methoxy groups -OCH3 is 1. The van der Waals surface area contributed by atoms with Gasteiger partial charge in [0.05, 0.1) is 13.2 Å². The Labute approximate surface area is 135 Å². The van der Waals surface area contributed by atoms with Gasteiger partial charge in [-0.3, -0.25) is 19.1 Å². The molecular formula is C13H19N3O8. The fraction of sp³-hybridized carbons (Fsp3) is 0.615. The Morgan fingerprint density at radius 1 is 1.50 bits per heavy atom. The lowest BCUT2D eigenvalue weighted by Crippen LogP contribution is -2.40. The zero-order valence-electron chi connectivity index (χ0n) is 12.8. The number of aromatic nitrogens is 2. The SMILES string of the molecule is COC1[C@@H](O)[C@@H](CO)O[C@H]1n1cc(CNCC(=O)O)c(=O)[nH]c1=O. The summed E-state index contributed by atoms with van der Waals surface area (Å²) in [5.74, 6) is -1.09. The molecule has 2 rings (SSSR count). The second-order valence-corrected chi connectivity index (χ2v) is 5.26. The number of nitrogens with one attached hydrogen (secondary N) is 2. The third-order valence-corrected chi connectivity index (χ3v) is 3.67. The first-order chi connectivity index (χ1) is 11.4. The standard InChI is InChI=1S/C13H19N3O8/c1-23-10-9(20)7(5-17)24-12(10)16-4-6(2-14-3-8(18)19)11(21)15-13(16)22/h4,7,9-10,12,14,17,20H,2-3,5H2,1H3,(H,18,19)(H,15,21,22)/t7-,9+,10?,12-/m1/s1. The smallest absolute Gasteiger partial charge is 0.330 e. The van der Waals surface area contributed by atoms with Gasteiger partial charge >= 0.3 is 11.7 Å². The van der Waals surface area contributed by atoms with Crippen LogP contribution < -0.4 is 16.6 Å². The molecule has 11 heteroatoms. The van der Waals surface area contributed by atoms with E-state index in [0.29, 0.717) is 0 Å². The highest BCUT2D eigenvalue weighted by Crippen LogP contribution is 2.30. The number of aliphatic hydroxyl groups is 2. The zero-order valence-corrected chi connectivity index (χ0v) is 12.8. The molecule has 1 aromatic rings. The van der Waals surface area contributed by atoms with Gasteiger partial charge in [-0.1, -0.05) is 0 Å². The van der Waals surface area contributed by atoms with Crippen LogP contribution in [-0.2, 0) is 20.8 Å². The molecule has 0 spiro atoms. The third kappa shape index (κ3) is 3.71. The second-order valence-electron chi connectivity index (χ2n) is 5.26. The number of ether oxygens (including phenoxy) is 2. The monoisotopic (exact) mass is 345 g/mol. The molecule has 1 unspecified atom stereocenters. The molecule has 2 heterocycles. The van der Waals surface area contributed by atoms with Gasteiger partial charge < -0.3 is 30.1 Å². The molecule has 24 heavy (non-hydrogen) atoms. The predicted molar refractivity (Wildman–Crippen MR) is 78.5 cm³/mol. The van der Waals surface area contributed by atoms with Gasteiger partial charge in [-0.05, 0) is 0 Å². The Morgan fingerprint density at radius 2 is 2.21 bits per heavy atom. The van der Waals surface area contributed by atoms with E-state index in [1.165, 1.54) is 13.3 Å². The maximum atomic E-state index is 12.0. The highest BCUT2D eigenvalue weighted by molar-refractivity contribution is 5.68. The summed E-state index contributed by atoms with van der Waals surface area (Å²) in [7, 11) is 1.32. The van der Waals surface area contributed by atoms with Crippen LogP contribution in [0.25, 0.3) is 0 Å². The van der Waals surface area contributed by atoms with Crippen LogP contribution in [0, 0.1) is 0 Å². The van der Waals surface area contributed by atoms with E-state index in [0.717, 1.165) is 4.57 Å². The van der Waals surface area contributed by atoms with E-state index in [9.17, 15) is 24.6 Å². The first-order valence-electron chi connectivity index (χ1n) is 7.13. The van der Waals surface area contributed by atoms with Crippen molar-refractivity contribution in [2.24, 2.45) is 0 Å². The van der Waals surface area contributed by atoms with Gasteiger partial charge in [0.15, 0.2) is 6.23 Å². The molecule has 0 amide bonds. The summed E-state index contributed by atoms with van der Waals surface area (Å²) in [6.07, 6.45) is -2.86. The van der Waals surface area contributed by atoms with Crippen molar-refractivity contribution in [3.63, 3.8) is 0 Å². The van der Waals surface area contributed by atoms with Crippen LogP contribution in [0.3, 0.4) is 0 Å². The van der Waals surface area contributed by atoms with Crippen LogP contribution in [-0.4, -0.2) is 69.4 Å². The summed E-state index contributed by atoms with van der Waals surface area (Å²) in [4.78, 5) is 36.4. The normalized spacial score (nSPS) is 26.6. The van der Waals surface area contributed by atoms with E-state index in [1.807, 2.05) is 0 Å². The van der Waals surface area contributed by atoms with Crippen LogP contribution in [0.2, 0.25) is 0 Å². The van der Waals surface area contributed by atoms with Crippen LogP contribution in [0.1, 0.15) is 11.8 Å². The number of carboxylic acid groups (broad SMARTS) is 1. The molecule has 0 aliphatic carbocycles. The van der Waals surface area contributed by atoms with E-state index >= 15 is 0 Å². The number of rotatable bonds is 7. The van der Waals surface area contributed by atoms with Gasteiger partial charge in [0.25, 0.3) is 5.56 Å². The van der Waals surface area contributed by atoms with Gasteiger partial charge in [-0.2, -0.15) is 0 Å². The van der Waals surface area contributed by atoms with Crippen molar-refractivity contribution < 1.29 is 29.6 Å². The van der Waals surface area contributed by atoms with Gasteiger partial charge in [-0.15, -0.1) is 0 Å². The molecule has 0 aromatic carbocycles. The summed E-state index contributed by atoms with van der Waals surface area (Å²) in [5.41, 5.74) is -1.34. The van der Waals surface area contributed by atoms with E-state index in [2.05, 4.69) is 10.3 Å². The average molecular weight is 345 g/mol. The largest absolute Gasteiger partial charge is 0.480 e. The first-order valence-corrected chi connectivity index (χ1v) is 7.13. The number of aliphatic carboxylic acids is 1. The van der Waals surface area contributed by atoms with Crippen molar-refractivity contribution in [2.45, 2.75) is 31.1 Å². The number of nitrogens with zero attached hydrogens (tertiary/aromatic N) is 1. The minimum Gasteiger partial charge on any atom is -0.480 e. The summed E-state index contributed by atoms with van der Waals surface area (Å²) >= 11 is 0. The molecule has 0 saturated carbocycles. The molecule has 5 N–H and O–H groups in total. The number of carbonyl (C=O) groups is 1. The van der Waals surface area contributed by atoms with Crippen molar-refractivity contribution in [3.05, 3.63) is 32.6 Å². The summed E-state index contributed by atoms with van der Waals surface area (Å²) in [6, 6.07) is 0. The molecule has 1 saturated heterocycles. The molecule has 134 valence electrons. The molecule has 1 aromatic heterocycles. The number of carboxylic acids is 1. The summed E-state index contributed by atoms with van der Waals surface area (Å²) in [5, 5.41) is 30.4. The lowest BCUT2D eigenvalue weighted by molar-refractivity contribution is -0.136. The van der Waals surface area contributed by atoms with Crippen molar-refractivity contribution >= 4 is 5.97 Å². The second kappa shape index (κ2) is 7.68. The maximum absolute atomic E-state index is 12.0. The maximum Gasteiger partial charge on any atom is 0.330 e. The summed E-state index contributed by atoms with van der Waals surface area (Å²) in [6.45, 7) is -0.911. The third-order valence-electron chi connectivity index (χ3n) is 3.67. The van der Waals surface area contributed by atoms with Gasteiger partial charge in [0.2, 0.25) is 0 Å². The van der Waals surface area contributed by atoms with Crippen molar-refractivity contribution in [1.29, 1.82) is 0 Å². The number of hydrogen-bond donors (Lipinski definition) is 5. The Kier molecular flexibility index (Phi) is 5.85. The predicted octanol–water partition coefficient (Wildman–Crippen LogP) is -3.02. The van der Waals surface area contributed by atoms with Gasteiger partial charge in [-0.25, -0.2) is 4.79 Å². The Morgan fingerprint density at radius 3 is 2.79 bits per heavy atom. The molecule has 1 aliphatic heterocycles. The van der Waals surface area contributed by atoms with Crippen molar-refractivity contribution in [1.82, 2.24) is 14.9 Å². The van der Waals surface area contributed by atoms with Crippen molar-refractivity contribution in [3.8, 4) is 0 Å². The van der Waals surface area contributed by atoms with Crippen LogP contribution in [0.5, 0.6) is 0 Å². The molecule has 11 nitrogen and oxygen atoms in total. The highest BCUT2D eigenvalue weighted by atomic mass is 16.6. The molecular weight excluding hydrogens is 326 g/mol. The van der Waals surface area contributed by atoms with Crippen LogP contribution >= 0.6 is 0 Å². The minimum absolute atomic E-state index is 0.0851. The lowest BCUT2D eigenvalue weighted by Gasteiger charge is -2.20. The van der Waals surface area contributed by atoms with Gasteiger partial charge in [0.1, 0.15) is 18.3 Å². The molecule has 1 aliphatic rings. The van der Waals surface area contributed by atoms with Crippen LogP contribution in [0.4, 0.5) is 0 Å². The van der Waals surface area contributed by atoms with Crippen molar-refractivity contribution in [2.75, 3.05) is 20.3 Å². The minimum atomic E-state index is -1.16. The molecule has 0 bridgehead atoms. The Hall–Kier alpha value is -2.05. The van der Waals surface area contributed by atoms with E-state index in [1.54, 1.807) is 0 Å². The quantitative estimate of drug-likeness (QED) is 0.346. The van der Waals surface area contributed by atoms with E-state index in [-0.39, 0.29) is 18.7 Å². The van der Waals surface area contributed by atoms with E-state index in [4.69, 9.17) is 14.6 Å². The highest BCUT2D eigenvalue weighted by Gasteiger charge is 2.45. The number of H-pyrrole nitrogens is 1. The fourth-order valence-corrected chi connectivity index (χ4v) is 2.49. The Balaban J connectivity index is 2.31. The fourth-order valence-electron chi connectivity index (χ4n) is 2.49.